The normalized spacial score (nSPS) is 15.7. The Bertz CT molecular complexity index is 453. The van der Waals surface area contributed by atoms with Crippen molar-refractivity contribution in [2.75, 3.05) is 23.3 Å². The molecule has 1 heterocycles. The largest absolute Gasteiger partial charge is 0.371 e. The molecule has 0 atom stereocenters. The Morgan fingerprint density at radius 1 is 1.26 bits per heavy atom. The molecule has 1 aliphatic rings. The molecule has 0 spiro atoms. The number of anilines is 2. The highest BCUT2D eigenvalue weighted by Crippen LogP contribution is 2.29. The van der Waals surface area contributed by atoms with Crippen LogP contribution in [0.25, 0.3) is 0 Å². The van der Waals surface area contributed by atoms with Crippen molar-refractivity contribution in [3.05, 3.63) is 23.2 Å². The maximum absolute atomic E-state index is 11.8. The molecule has 0 unspecified atom stereocenters. The fourth-order valence-electron chi connectivity index (χ4n) is 2.23. The second-order valence-electron chi connectivity index (χ2n) is 5.36. The monoisotopic (exact) mass is 280 g/mol. The molecular formula is C15H21ClN2O. The molecule has 2 rings (SSSR count). The van der Waals surface area contributed by atoms with E-state index >= 15 is 0 Å². The number of nitrogens with one attached hydrogen (secondary N) is 1. The smallest absolute Gasteiger partial charge is 0.226 e. The van der Waals surface area contributed by atoms with E-state index in [1.165, 1.54) is 19.3 Å². The molecule has 0 radical (unpaired) electrons. The highest BCUT2D eigenvalue weighted by molar-refractivity contribution is 6.33. The zero-order chi connectivity index (χ0) is 13.8. The minimum absolute atomic E-state index is 0.00214. The third-order valence-electron chi connectivity index (χ3n) is 3.45. The first-order chi connectivity index (χ1) is 9.08. The van der Waals surface area contributed by atoms with Crippen molar-refractivity contribution in [1.29, 1.82) is 0 Å². The number of piperidine rings is 1. The Morgan fingerprint density at radius 2 is 1.95 bits per heavy atom. The fourth-order valence-corrected chi connectivity index (χ4v) is 2.40. The third-order valence-corrected chi connectivity index (χ3v) is 3.78. The van der Waals surface area contributed by atoms with Gasteiger partial charge in [0.1, 0.15) is 0 Å². The summed E-state index contributed by atoms with van der Waals surface area (Å²) in [6.45, 7) is 5.91. The van der Waals surface area contributed by atoms with Crippen LogP contribution in [0.5, 0.6) is 0 Å². The number of hydrogen-bond donors (Lipinski definition) is 1. The van der Waals surface area contributed by atoms with Crippen molar-refractivity contribution in [3.63, 3.8) is 0 Å². The maximum atomic E-state index is 11.8. The molecule has 19 heavy (non-hydrogen) atoms. The summed E-state index contributed by atoms with van der Waals surface area (Å²) in [5.74, 6) is -0.0487. The van der Waals surface area contributed by atoms with Gasteiger partial charge in [-0.1, -0.05) is 25.4 Å². The second-order valence-corrected chi connectivity index (χ2v) is 5.76. The van der Waals surface area contributed by atoms with Crippen molar-refractivity contribution < 1.29 is 4.79 Å². The van der Waals surface area contributed by atoms with E-state index in [0.717, 1.165) is 18.8 Å². The van der Waals surface area contributed by atoms with Gasteiger partial charge in [0, 0.05) is 24.7 Å². The second kappa shape index (κ2) is 6.29. The highest BCUT2D eigenvalue weighted by Gasteiger charge is 2.14. The van der Waals surface area contributed by atoms with Gasteiger partial charge in [0.2, 0.25) is 5.91 Å². The summed E-state index contributed by atoms with van der Waals surface area (Å²) in [4.78, 5) is 14.1. The lowest BCUT2D eigenvalue weighted by atomic mass is 10.1. The Balaban J connectivity index is 2.16. The van der Waals surface area contributed by atoms with Crippen LogP contribution in [0.2, 0.25) is 5.02 Å². The van der Waals surface area contributed by atoms with Crippen molar-refractivity contribution in [3.8, 4) is 0 Å². The topological polar surface area (TPSA) is 32.3 Å². The van der Waals surface area contributed by atoms with Gasteiger partial charge < -0.3 is 10.2 Å². The number of rotatable bonds is 3. The molecule has 1 aromatic carbocycles. The van der Waals surface area contributed by atoms with Crippen molar-refractivity contribution in [2.24, 2.45) is 5.92 Å². The summed E-state index contributed by atoms with van der Waals surface area (Å²) >= 11 is 6.15. The number of carbonyl (C=O) groups excluding carboxylic acids is 1. The summed E-state index contributed by atoms with van der Waals surface area (Å²) < 4.78 is 0. The zero-order valence-corrected chi connectivity index (χ0v) is 12.3. The Labute approximate surface area is 119 Å². The highest BCUT2D eigenvalue weighted by atomic mass is 35.5. The first-order valence-corrected chi connectivity index (χ1v) is 7.31. The van der Waals surface area contributed by atoms with E-state index in [-0.39, 0.29) is 11.8 Å². The zero-order valence-electron chi connectivity index (χ0n) is 11.6. The SMILES string of the molecule is CC(C)C(=O)Nc1cc(N2CCCCC2)ccc1Cl. The molecule has 4 heteroatoms. The lowest BCUT2D eigenvalue weighted by molar-refractivity contribution is -0.118. The van der Waals surface area contributed by atoms with Gasteiger partial charge in [-0.3, -0.25) is 4.79 Å². The van der Waals surface area contributed by atoms with Crippen LogP contribution in [0.3, 0.4) is 0 Å². The molecule has 1 fully saturated rings. The molecule has 1 aliphatic heterocycles. The number of carbonyl (C=O) groups is 1. The predicted molar refractivity (Wildman–Crippen MR) is 81.0 cm³/mol. The predicted octanol–water partition coefficient (Wildman–Crippen LogP) is 3.92. The molecule has 0 saturated carbocycles. The summed E-state index contributed by atoms with van der Waals surface area (Å²) in [5.41, 5.74) is 1.85. The fraction of sp³-hybridized carbons (Fsp3) is 0.533. The quantitative estimate of drug-likeness (QED) is 0.910. The summed E-state index contributed by atoms with van der Waals surface area (Å²) in [7, 11) is 0. The van der Waals surface area contributed by atoms with Crippen LogP contribution in [-0.2, 0) is 4.79 Å². The van der Waals surface area contributed by atoms with Gasteiger partial charge in [-0.2, -0.15) is 0 Å². The van der Waals surface area contributed by atoms with Gasteiger partial charge in [0.15, 0.2) is 0 Å². The van der Waals surface area contributed by atoms with Gasteiger partial charge in [0.25, 0.3) is 0 Å². The van der Waals surface area contributed by atoms with E-state index in [2.05, 4.69) is 10.2 Å². The maximum Gasteiger partial charge on any atom is 0.226 e. The molecule has 1 aromatic rings. The molecule has 104 valence electrons. The van der Waals surface area contributed by atoms with Crippen molar-refractivity contribution >= 4 is 28.9 Å². The van der Waals surface area contributed by atoms with Crippen LogP contribution in [0, 0.1) is 5.92 Å². The summed E-state index contributed by atoms with van der Waals surface area (Å²) in [6, 6.07) is 5.87. The van der Waals surface area contributed by atoms with Gasteiger partial charge in [0.05, 0.1) is 10.7 Å². The molecule has 1 amide bonds. The average Bonchev–Trinajstić information content (AvgIpc) is 2.42. The van der Waals surface area contributed by atoms with Crippen molar-refractivity contribution in [2.45, 2.75) is 33.1 Å². The first-order valence-electron chi connectivity index (χ1n) is 6.93. The Kier molecular flexibility index (Phi) is 4.70. The van der Waals surface area contributed by atoms with Gasteiger partial charge in [-0.15, -0.1) is 0 Å². The van der Waals surface area contributed by atoms with Crippen LogP contribution < -0.4 is 10.2 Å². The van der Waals surface area contributed by atoms with Gasteiger partial charge >= 0.3 is 0 Å². The van der Waals surface area contributed by atoms with Crippen LogP contribution in [0.15, 0.2) is 18.2 Å². The standard InChI is InChI=1S/C15H21ClN2O/c1-11(2)15(19)17-14-10-12(6-7-13(14)16)18-8-4-3-5-9-18/h6-7,10-11H,3-5,8-9H2,1-2H3,(H,17,19). The van der Waals surface area contributed by atoms with E-state index in [9.17, 15) is 4.79 Å². The third kappa shape index (κ3) is 3.63. The number of benzene rings is 1. The Morgan fingerprint density at radius 3 is 2.58 bits per heavy atom. The minimum Gasteiger partial charge on any atom is -0.371 e. The summed E-state index contributed by atoms with van der Waals surface area (Å²) in [6.07, 6.45) is 3.77. The number of hydrogen-bond acceptors (Lipinski definition) is 2. The Hall–Kier alpha value is -1.22. The van der Waals surface area contributed by atoms with Gasteiger partial charge in [-0.05, 0) is 37.5 Å². The van der Waals surface area contributed by atoms with Crippen LogP contribution in [0.4, 0.5) is 11.4 Å². The van der Waals surface area contributed by atoms with Gasteiger partial charge in [-0.25, -0.2) is 0 Å². The first kappa shape index (κ1) is 14.2. The molecule has 1 saturated heterocycles. The molecule has 0 bridgehead atoms. The average molecular weight is 281 g/mol. The van der Waals surface area contributed by atoms with Crippen LogP contribution in [0.1, 0.15) is 33.1 Å². The summed E-state index contributed by atoms with van der Waals surface area (Å²) in [5, 5.41) is 3.48. The number of nitrogens with zero attached hydrogens (tertiary/aromatic N) is 1. The lowest BCUT2D eigenvalue weighted by Crippen LogP contribution is -2.29. The molecular weight excluding hydrogens is 260 g/mol. The van der Waals surface area contributed by atoms with Crippen LogP contribution in [-0.4, -0.2) is 19.0 Å². The van der Waals surface area contributed by atoms with Crippen LogP contribution >= 0.6 is 11.6 Å². The molecule has 3 nitrogen and oxygen atoms in total. The number of halogens is 1. The minimum atomic E-state index is -0.0466. The molecule has 0 aromatic heterocycles. The van der Waals surface area contributed by atoms with Crippen molar-refractivity contribution in [1.82, 2.24) is 0 Å². The van der Waals surface area contributed by atoms with E-state index in [1.807, 2.05) is 32.0 Å². The van der Waals surface area contributed by atoms with E-state index in [1.54, 1.807) is 0 Å². The lowest BCUT2D eigenvalue weighted by Gasteiger charge is -2.29. The molecule has 1 N–H and O–H groups in total. The van der Waals surface area contributed by atoms with E-state index < -0.39 is 0 Å². The van der Waals surface area contributed by atoms with E-state index in [4.69, 9.17) is 11.6 Å². The molecule has 0 aliphatic carbocycles. The van der Waals surface area contributed by atoms with E-state index in [0.29, 0.717) is 10.7 Å². The number of amides is 1.